The van der Waals surface area contributed by atoms with E-state index in [2.05, 4.69) is 17.6 Å². The van der Waals surface area contributed by atoms with Crippen LogP contribution in [-0.4, -0.2) is 13.1 Å². The summed E-state index contributed by atoms with van der Waals surface area (Å²) in [5.74, 6) is 1.19. The molecule has 1 aromatic rings. The van der Waals surface area contributed by atoms with Crippen LogP contribution in [0.1, 0.15) is 32.6 Å². The first-order chi connectivity index (χ1) is 10.1. The second-order valence-electron chi connectivity index (χ2n) is 5.32. The van der Waals surface area contributed by atoms with Crippen LogP contribution in [-0.2, 0) is 0 Å². The van der Waals surface area contributed by atoms with Gasteiger partial charge in [0.2, 0.25) is 0 Å². The van der Waals surface area contributed by atoms with Gasteiger partial charge in [-0.05, 0) is 43.9 Å². The van der Waals surface area contributed by atoms with Crippen molar-refractivity contribution in [3.8, 4) is 5.75 Å². The number of hydrogen-bond donors (Lipinski definition) is 2. The number of carbonyl (C=O) groups is 1. The Labute approximate surface area is 130 Å². The number of rotatable bonds is 4. The fourth-order valence-electron chi connectivity index (χ4n) is 2.59. The number of ether oxygens (including phenoxy) is 1. The molecule has 0 unspecified atom stereocenters. The van der Waals surface area contributed by atoms with Crippen LogP contribution in [0, 0.1) is 5.92 Å². The van der Waals surface area contributed by atoms with E-state index in [4.69, 9.17) is 16.3 Å². The molecule has 0 atom stereocenters. The van der Waals surface area contributed by atoms with Gasteiger partial charge < -0.3 is 15.4 Å². The standard InChI is InChI=1S/C16H21ClN2O2/c1-11(12-5-3-4-6-12)10-18-16(20)19-13-7-8-15(21-2)14(17)9-13/h7-10,12H,3-6H2,1-2H3,(H2,18,19,20)/b11-10+. The molecule has 0 aromatic heterocycles. The monoisotopic (exact) mass is 308 g/mol. The molecule has 1 fully saturated rings. The molecule has 0 heterocycles. The van der Waals surface area contributed by atoms with Crippen molar-refractivity contribution in [2.24, 2.45) is 5.92 Å². The lowest BCUT2D eigenvalue weighted by atomic mass is 10.0. The van der Waals surface area contributed by atoms with Gasteiger partial charge in [0.15, 0.2) is 0 Å². The Morgan fingerprint density at radius 3 is 2.71 bits per heavy atom. The molecule has 0 saturated heterocycles. The molecular formula is C16H21ClN2O2. The molecule has 0 aliphatic heterocycles. The highest BCUT2D eigenvalue weighted by molar-refractivity contribution is 6.32. The van der Waals surface area contributed by atoms with E-state index < -0.39 is 0 Å². The van der Waals surface area contributed by atoms with Gasteiger partial charge in [0.05, 0.1) is 12.1 Å². The topological polar surface area (TPSA) is 50.4 Å². The number of hydrogen-bond acceptors (Lipinski definition) is 2. The first-order valence-corrected chi connectivity index (χ1v) is 7.55. The highest BCUT2D eigenvalue weighted by atomic mass is 35.5. The Balaban J connectivity index is 1.89. The molecule has 0 spiro atoms. The molecule has 5 heteroatoms. The molecule has 2 N–H and O–H groups in total. The predicted molar refractivity (Wildman–Crippen MR) is 85.9 cm³/mol. The van der Waals surface area contributed by atoms with E-state index in [-0.39, 0.29) is 6.03 Å². The zero-order valence-corrected chi connectivity index (χ0v) is 13.2. The van der Waals surface area contributed by atoms with Crippen molar-refractivity contribution in [3.63, 3.8) is 0 Å². The summed E-state index contributed by atoms with van der Waals surface area (Å²) < 4.78 is 5.07. The molecule has 0 radical (unpaired) electrons. The highest BCUT2D eigenvalue weighted by Crippen LogP contribution is 2.30. The predicted octanol–water partition coefficient (Wildman–Crippen LogP) is 4.56. The largest absolute Gasteiger partial charge is 0.495 e. The zero-order chi connectivity index (χ0) is 15.2. The molecule has 1 aliphatic rings. The maximum Gasteiger partial charge on any atom is 0.323 e. The lowest BCUT2D eigenvalue weighted by molar-refractivity contribution is 0.255. The Morgan fingerprint density at radius 2 is 2.10 bits per heavy atom. The minimum atomic E-state index is -0.270. The average molecular weight is 309 g/mol. The number of allylic oxidation sites excluding steroid dienone is 1. The van der Waals surface area contributed by atoms with E-state index >= 15 is 0 Å². The second kappa shape index (κ2) is 7.36. The van der Waals surface area contributed by atoms with Crippen LogP contribution >= 0.6 is 11.6 Å². The van der Waals surface area contributed by atoms with Crippen LogP contribution in [0.4, 0.5) is 10.5 Å². The number of anilines is 1. The number of amides is 2. The first-order valence-electron chi connectivity index (χ1n) is 7.18. The summed E-state index contributed by atoms with van der Waals surface area (Å²) in [5.41, 5.74) is 1.86. The Bertz CT molecular complexity index is 537. The van der Waals surface area contributed by atoms with Crippen molar-refractivity contribution in [1.82, 2.24) is 5.32 Å². The van der Waals surface area contributed by atoms with Crippen LogP contribution in [0.5, 0.6) is 5.75 Å². The van der Waals surface area contributed by atoms with Gasteiger partial charge in [0.1, 0.15) is 5.75 Å². The first kappa shape index (κ1) is 15.7. The third-order valence-electron chi connectivity index (χ3n) is 3.84. The van der Waals surface area contributed by atoms with E-state index in [1.54, 1.807) is 31.5 Å². The van der Waals surface area contributed by atoms with E-state index in [0.29, 0.717) is 22.4 Å². The van der Waals surface area contributed by atoms with Crippen molar-refractivity contribution in [2.75, 3.05) is 12.4 Å². The van der Waals surface area contributed by atoms with E-state index in [1.165, 1.54) is 31.3 Å². The second-order valence-corrected chi connectivity index (χ2v) is 5.72. The van der Waals surface area contributed by atoms with Crippen molar-refractivity contribution in [3.05, 3.63) is 35.0 Å². The molecule has 0 bridgehead atoms. The lowest BCUT2D eigenvalue weighted by Crippen LogP contribution is -2.24. The van der Waals surface area contributed by atoms with Crippen LogP contribution in [0.25, 0.3) is 0 Å². The van der Waals surface area contributed by atoms with Crippen LogP contribution in [0.15, 0.2) is 30.0 Å². The summed E-state index contributed by atoms with van der Waals surface area (Å²) in [6.45, 7) is 2.07. The number of urea groups is 1. The normalized spacial score (nSPS) is 15.9. The van der Waals surface area contributed by atoms with Gasteiger partial charge in [-0.15, -0.1) is 0 Å². The summed E-state index contributed by atoms with van der Waals surface area (Å²) in [5, 5.41) is 5.98. The van der Waals surface area contributed by atoms with Crippen molar-refractivity contribution in [1.29, 1.82) is 0 Å². The van der Waals surface area contributed by atoms with Crippen molar-refractivity contribution in [2.45, 2.75) is 32.6 Å². The number of benzene rings is 1. The van der Waals surface area contributed by atoms with E-state index in [0.717, 1.165) is 0 Å². The van der Waals surface area contributed by atoms with Gasteiger partial charge >= 0.3 is 6.03 Å². The molecular weight excluding hydrogens is 288 g/mol. The summed E-state index contributed by atoms with van der Waals surface area (Å²) >= 11 is 6.02. The molecule has 114 valence electrons. The molecule has 2 amide bonds. The average Bonchev–Trinajstić information content (AvgIpc) is 2.99. The summed E-state index contributed by atoms with van der Waals surface area (Å²) in [6, 6.07) is 4.86. The minimum Gasteiger partial charge on any atom is -0.495 e. The quantitative estimate of drug-likeness (QED) is 0.856. The number of nitrogens with one attached hydrogen (secondary N) is 2. The van der Waals surface area contributed by atoms with E-state index in [9.17, 15) is 4.79 Å². The third kappa shape index (κ3) is 4.39. The number of halogens is 1. The fourth-order valence-corrected chi connectivity index (χ4v) is 2.85. The highest BCUT2D eigenvalue weighted by Gasteiger charge is 2.16. The van der Waals surface area contributed by atoms with Gasteiger partial charge in [-0.1, -0.05) is 30.0 Å². The zero-order valence-electron chi connectivity index (χ0n) is 12.4. The van der Waals surface area contributed by atoms with Gasteiger partial charge in [-0.2, -0.15) is 0 Å². The van der Waals surface area contributed by atoms with Gasteiger partial charge in [0, 0.05) is 11.9 Å². The Hall–Kier alpha value is -1.68. The third-order valence-corrected chi connectivity index (χ3v) is 4.14. The molecule has 1 aromatic carbocycles. The van der Waals surface area contributed by atoms with E-state index in [1.807, 2.05) is 0 Å². The molecule has 1 saturated carbocycles. The molecule has 2 rings (SSSR count). The summed E-state index contributed by atoms with van der Waals surface area (Å²) in [7, 11) is 1.55. The summed E-state index contributed by atoms with van der Waals surface area (Å²) in [6.07, 6.45) is 6.81. The maximum atomic E-state index is 11.9. The van der Waals surface area contributed by atoms with Crippen LogP contribution < -0.4 is 15.4 Å². The smallest absolute Gasteiger partial charge is 0.323 e. The molecule has 4 nitrogen and oxygen atoms in total. The van der Waals surface area contributed by atoms with Crippen molar-refractivity contribution < 1.29 is 9.53 Å². The SMILES string of the molecule is COc1ccc(NC(=O)N/C=C(\C)C2CCCC2)cc1Cl. The Morgan fingerprint density at radius 1 is 1.38 bits per heavy atom. The molecule has 1 aliphatic carbocycles. The number of carbonyl (C=O) groups excluding carboxylic acids is 1. The lowest BCUT2D eigenvalue weighted by Gasteiger charge is -2.11. The molecule has 21 heavy (non-hydrogen) atoms. The van der Waals surface area contributed by atoms with Gasteiger partial charge in [-0.25, -0.2) is 4.79 Å². The van der Waals surface area contributed by atoms with Gasteiger partial charge in [-0.3, -0.25) is 0 Å². The van der Waals surface area contributed by atoms with Crippen LogP contribution in [0.3, 0.4) is 0 Å². The minimum absolute atomic E-state index is 0.270. The number of methoxy groups -OCH3 is 1. The fraction of sp³-hybridized carbons (Fsp3) is 0.438. The van der Waals surface area contributed by atoms with Crippen molar-refractivity contribution >= 4 is 23.3 Å². The van der Waals surface area contributed by atoms with Crippen LogP contribution in [0.2, 0.25) is 5.02 Å². The Kier molecular flexibility index (Phi) is 5.51. The van der Waals surface area contributed by atoms with Gasteiger partial charge in [0.25, 0.3) is 0 Å². The maximum absolute atomic E-state index is 11.9. The summed E-state index contributed by atoms with van der Waals surface area (Å²) in [4.78, 5) is 11.9.